The summed E-state index contributed by atoms with van der Waals surface area (Å²) in [6, 6.07) is 7.57. The van der Waals surface area contributed by atoms with E-state index in [0.29, 0.717) is 30.1 Å². The highest BCUT2D eigenvalue weighted by molar-refractivity contribution is 6.01. The van der Waals surface area contributed by atoms with Gasteiger partial charge >= 0.3 is 5.97 Å². The Hall–Kier alpha value is -3.17. The summed E-state index contributed by atoms with van der Waals surface area (Å²) in [5.41, 5.74) is 2.28. The molecule has 1 aromatic heterocycles. The lowest BCUT2D eigenvalue weighted by Crippen LogP contribution is -2.38. The van der Waals surface area contributed by atoms with Crippen molar-refractivity contribution in [1.29, 1.82) is 0 Å². The van der Waals surface area contributed by atoms with Crippen molar-refractivity contribution in [3.8, 4) is 5.75 Å². The molecule has 1 fully saturated rings. The standard InChI is InChI=1S/C24H31N3O6/c1-16-22(24(30)31-3)20(26-23(16)17(2)28)14-21(29)25-15-18-5-4-6-19(13-18)33-12-9-27-7-10-32-11-8-27/h4-6,13,26H,7-12,14-15H2,1-3H3,(H,25,29). The molecule has 1 aliphatic heterocycles. The minimum Gasteiger partial charge on any atom is -0.492 e. The number of nitrogens with zero attached hydrogens (tertiary/aromatic N) is 1. The SMILES string of the molecule is COC(=O)c1c(CC(=O)NCc2cccc(OCCN3CCOCC3)c2)[nH]c(C(C)=O)c1C. The van der Waals surface area contributed by atoms with E-state index in [9.17, 15) is 14.4 Å². The Bertz CT molecular complexity index is 994. The number of carbonyl (C=O) groups is 3. The third kappa shape index (κ3) is 6.66. The molecule has 1 amide bonds. The van der Waals surface area contributed by atoms with Crippen molar-refractivity contribution < 1.29 is 28.6 Å². The summed E-state index contributed by atoms with van der Waals surface area (Å²) in [6.07, 6.45) is -0.0751. The molecule has 33 heavy (non-hydrogen) atoms. The van der Waals surface area contributed by atoms with Crippen LogP contribution in [0, 0.1) is 6.92 Å². The molecular formula is C24H31N3O6. The van der Waals surface area contributed by atoms with Gasteiger partial charge in [-0.15, -0.1) is 0 Å². The quantitative estimate of drug-likeness (QED) is 0.414. The van der Waals surface area contributed by atoms with Gasteiger partial charge in [0.05, 0.1) is 38.0 Å². The van der Waals surface area contributed by atoms with E-state index in [1.165, 1.54) is 14.0 Å². The molecule has 0 atom stereocenters. The number of benzene rings is 1. The lowest BCUT2D eigenvalue weighted by molar-refractivity contribution is -0.120. The van der Waals surface area contributed by atoms with Crippen LogP contribution >= 0.6 is 0 Å². The molecule has 3 rings (SSSR count). The predicted molar refractivity (Wildman–Crippen MR) is 122 cm³/mol. The zero-order valence-corrected chi connectivity index (χ0v) is 19.4. The van der Waals surface area contributed by atoms with Gasteiger partial charge in [-0.1, -0.05) is 12.1 Å². The summed E-state index contributed by atoms with van der Waals surface area (Å²) in [5, 5.41) is 2.85. The number of H-pyrrole nitrogens is 1. The van der Waals surface area contributed by atoms with Crippen LogP contribution in [0.2, 0.25) is 0 Å². The van der Waals surface area contributed by atoms with Gasteiger partial charge in [0.25, 0.3) is 0 Å². The van der Waals surface area contributed by atoms with Crippen LogP contribution in [0.4, 0.5) is 0 Å². The first kappa shape index (κ1) is 24.5. The van der Waals surface area contributed by atoms with Crippen molar-refractivity contribution >= 4 is 17.7 Å². The molecule has 2 aromatic rings. The van der Waals surface area contributed by atoms with E-state index in [4.69, 9.17) is 14.2 Å². The van der Waals surface area contributed by atoms with Gasteiger partial charge in [-0.3, -0.25) is 14.5 Å². The second kappa shape index (κ2) is 11.6. The highest BCUT2D eigenvalue weighted by atomic mass is 16.5. The Labute approximate surface area is 193 Å². The number of morpholine rings is 1. The zero-order chi connectivity index (χ0) is 23.8. The fourth-order valence-electron chi connectivity index (χ4n) is 3.81. The van der Waals surface area contributed by atoms with Crippen molar-refractivity contribution in [1.82, 2.24) is 15.2 Å². The number of nitrogens with one attached hydrogen (secondary N) is 2. The van der Waals surface area contributed by atoms with Crippen molar-refractivity contribution in [3.63, 3.8) is 0 Å². The summed E-state index contributed by atoms with van der Waals surface area (Å²) in [7, 11) is 1.27. The van der Waals surface area contributed by atoms with E-state index in [1.807, 2.05) is 24.3 Å². The average Bonchev–Trinajstić information content (AvgIpc) is 3.14. The highest BCUT2D eigenvalue weighted by Gasteiger charge is 2.24. The number of ketones is 1. The van der Waals surface area contributed by atoms with Crippen LogP contribution in [-0.2, 0) is 27.2 Å². The average molecular weight is 458 g/mol. The summed E-state index contributed by atoms with van der Waals surface area (Å²) < 4.78 is 16.0. The number of Topliss-reactive ketones (excluding diaryl/α,β-unsaturated/α-hetero) is 1. The number of esters is 1. The van der Waals surface area contributed by atoms with Gasteiger partial charge in [0.1, 0.15) is 12.4 Å². The molecule has 1 aromatic carbocycles. The Balaban J connectivity index is 1.54. The molecule has 1 saturated heterocycles. The Kier molecular flexibility index (Phi) is 8.62. The smallest absolute Gasteiger partial charge is 0.339 e. The summed E-state index contributed by atoms with van der Waals surface area (Å²) >= 11 is 0. The molecular weight excluding hydrogens is 426 g/mol. The highest BCUT2D eigenvalue weighted by Crippen LogP contribution is 2.21. The molecule has 2 N–H and O–H groups in total. The molecule has 0 unspecified atom stereocenters. The van der Waals surface area contributed by atoms with Gasteiger partial charge < -0.3 is 24.5 Å². The number of hydrogen-bond acceptors (Lipinski definition) is 7. The number of ether oxygens (including phenoxy) is 3. The molecule has 0 saturated carbocycles. The van der Waals surface area contributed by atoms with E-state index in [0.717, 1.165) is 44.2 Å². The normalized spacial score (nSPS) is 14.0. The largest absolute Gasteiger partial charge is 0.492 e. The first-order valence-corrected chi connectivity index (χ1v) is 11.0. The molecule has 0 aliphatic carbocycles. The number of rotatable bonds is 10. The second-order valence-electron chi connectivity index (χ2n) is 7.93. The second-order valence-corrected chi connectivity index (χ2v) is 7.93. The van der Waals surface area contributed by atoms with Crippen molar-refractivity contribution in [2.75, 3.05) is 46.6 Å². The molecule has 0 bridgehead atoms. The van der Waals surface area contributed by atoms with Crippen LogP contribution < -0.4 is 10.1 Å². The number of hydrogen-bond donors (Lipinski definition) is 2. The van der Waals surface area contributed by atoms with E-state index < -0.39 is 5.97 Å². The molecule has 9 heteroatoms. The molecule has 0 radical (unpaired) electrons. The van der Waals surface area contributed by atoms with Gasteiger partial charge in [-0.05, 0) is 30.2 Å². The molecule has 1 aliphatic rings. The van der Waals surface area contributed by atoms with Crippen LogP contribution in [0.25, 0.3) is 0 Å². The number of aromatic amines is 1. The van der Waals surface area contributed by atoms with Gasteiger partial charge in [-0.25, -0.2) is 4.79 Å². The number of carbonyl (C=O) groups excluding carboxylic acids is 3. The summed E-state index contributed by atoms with van der Waals surface area (Å²) in [6.45, 7) is 8.14. The molecule has 178 valence electrons. The maximum absolute atomic E-state index is 12.6. The lowest BCUT2D eigenvalue weighted by atomic mass is 10.1. The Morgan fingerprint density at radius 2 is 1.97 bits per heavy atom. The first-order chi connectivity index (χ1) is 15.9. The minimum absolute atomic E-state index is 0.0751. The number of methoxy groups -OCH3 is 1. The van der Waals surface area contributed by atoms with Crippen molar-refractivity contribution in [2.45, 2.75) is 26.8 Å². The van der Waals surface area contributed by atoms with Crippen molar-refractivity contribution in [2.24, 2.45) is 0 Å². The topological polar surface area (TPSA) is 110 Å². The fourth-order valence-corrected chi connectivity index (χ4v) is 3.81. The Morgan fingerprint density at radius 3 is 2.67 bits per heavy atom. The first-order valence-electron chi connectivity index (χ1n) is 11.0. The van der Waals surface area contributed by atoms with Crippen LogP contribution in [-0.4, -0.2) is 74.1 Å². The monoisotopic (exact) mass is 457 g/mol. The number of amides is 1. The minimum atomic E-state index is -0.582. The van der Waals surface area contributed by atoms with Crippen LogP contribution in [0.5, 0.6) is 5.75 Å². The van der Waals surface area contributed by atoms with E-state index in [1.54, 1.807) is 6.92 Å². The zero-order valence-electron chi connectivity index (χ0n) is 19.4. The van der Waals surface area contributed by atoms with E-state index in [-0.39, 0.29) is 23.7 Å². The summed E-state index contributed by atoms with van der Waals surface area (Å²) in [5.74, 6) is -0.333. The van der Waals surface area contributed by atoms with Gasteiger partial charge in [0.15, 0.2) is 5.78 Å². The molecule has 0 spiro atoms. The lowest BCUT2D eigenvalue weighted by Gasteiger charge is -2.26. The van der Waals surface area contributed by atoms with Crippen molar-refractivity contribution in [3.05, 3.63) is 52.3 Å². The van der Waals surface area contributed by atoms with E-state index >= 15 is 0 Å². The number of aromatic nitrogens is 1. The summed E-state index contributed by atoms with van der Waals surface area (Å²) in [4.78, 5) is 41.8. The molecule has 2 heterocycles. The van der Waals surface area contributed by atoms with Gasteiger partial charge in [-0.2, -0.15) is 0 Å². The van der Waals surface area contributed by atoms with E-state index in [2.05, 4.69) is 15.2 Å². The fraction of sp³-hybridized carbons (Fsp3) is 0.458. The van der Waals surface area contributed by atoms with Crippen LogP contribution in [0.1, 0.15) is 44.6 Å². The van der Waals surface area contributed by atoms with Crippen LogP contribution in [0.15, 0.2) is 24.3 Å². The molecule has 9 nitrogen and oxygen atoms in total. The third-order valence-electron chi connectivity index (χ3n) is 5.57. The maximum Gasteiger partial charge on any atom is 0.339 e. The Morgan fingerprint density at radius 1 is 1.21 bits per heavy atom. The predicted octanol–water partition coefficient (Wildman–Crippen LogP) is 1.88. The van der Waals surface area contributed by atoms with Crippen LogP contribution in [0.3, 0.4) is 0 Å². The third-order valence-corrected chi connectivity index (χ3v) is 5.57. The maximum atomic E-state index is 12.6. The van der Waals surface area contributed by atoms with Gasteiger partial charge in [0.2, 0.25) is 5.91 Å². The van der Waals surface area contributed by atoms with Gasteiger partial charge in [0, 0.05) is 38.8 Å².